The van der Waals surface area contributed by atoms with Crippen molar-refractivity contribution >= 4 is 0 Å². The molecular formula is C12H28O4Ti. The molecule has 5 heteroatoms. The van der Waals surface area contributed by atoms with Crippen molar-refractivity contribution in [3.63, 3.8) is 0 Å². The van der Waals surface area contributed by atoms with E-state index in [1.54, 1.807) is 0 Å². The summed E-state index contributed by atoms with van der Waals surface area (Å²) < 4.78 is 0. The molecule has 0 aromatic carbocycles. The Labute approximate surface area is 122 Å². The Bertz CT molecular complexity index is 55.3. The van der Waals surface area contributed by atoms with Gasteiger partial charge in [-0.3, -0.25) is 0 Å². The maximum Gasteiger partial charge on any atom is 4.00 e. The van der Waals surface area contributed by atoms with E-state index in [1.165, 1.54) is 0 Å². The van der Waals surface area contributed by atoms with Gasteiger partial charge < -0.3 is 20.8 Å². The quantitative estimate of drug-likeness (QED) is 0.653. The van der Waals surface area contributed by atoms with Gasteiger partial charge in [0.25, 0.3) is 0 Å². The molecule has 0 saturated heterocycles. The normalized spacial score (nSPS) is 7.41. The summed E-state index contributed by atoms with van der Waals surface area (Å²) in [5.74, 6) is 0. The molecule has 17 heavy (non-hydrogen) atoms. The fraction of sp³-hybridized carbons (Fsp3) is 1.00. The minimum Gasteiger partial charge on any atom is -0.870 e. The standard InChI is InChI=1S/3C4H9O.H2O.Ti/c3*1-2-3-4-5;;/h3*2-4H2,1H3;1H2;/q3*-1;;+4/p-1. The average Bonchev–Trinajstić information content (AvgIpc) is 2.23. The smallest absolute Gasteiger partial charge is 0.870 e. The van der Waals surface area contributed by atoms with Crippen LogP contribution in [0.4, 0.5) is 0 Å². The molecule has 4 nitrogen and oxygen atoms in total. The van der Waals surface area contributed by atoms with Crippen molar-refractivity contribution in [1.29, 1.82) is 0 Å². The summed E-state index contributed by atoms with van der Waals surface area (Å²) >= 11 is 0. The number of unbranched alkanes of at least 4 members (excludes halogenated alkanes) is 3. The minimum absolute atomic E-state index is 0. The molecule has 104 valence electrons. The van der Waals surface area contributed by atoms with Crippen LogP contribution in [0.2, 0.25) is 0 Å². The summed E-state index contributed by atoms with van der Waals surface area (Å²) in [7, 11) is 0. The van der Waals surface area contributed by atoms with E-state index in [0.29, 0.717) is 0 Å². The molecule has 0 fully saturated rings. The van der Waals surface area contributed by atoms with Gasteiger partial charge in [0.2, 0.25) is 0 Å². The molecule has 1 N–H and O–H groups in total. The first-order valence-corrected chi connectivity index (χ1v) is 5.99. The minimum atomic E-state index is 0. The van der Waals surface area contributed by atoms with Crippen molar-refractivity contribution < 1.29 is 42.5 Å². The van der Waals surface area contributed by atoms with Gasteiger partial charge in [-0.15, -0.1) is 19.8 Å². The average molecular weight is 284 g/mol. The van der Waals surface area contributed by atoms with Gasteiger partial charge in [0.1, 0.15) is 0 Å². The van der Waals surface area contributed by atoms with Crippen LogP contribution in [0.25, 0.3) is 0 Å². The molecule has 0 aromatic heterocycles. The van der Waals surface area contributed by atoms with Crippen LogP contribution in [-0.2, 0) is 21.7 Å². The second kappa shape index (κ2) is 43.9. The van der Waals surface area contributed by atoms with E-state index in [0.717, 1.165) is 38.5 Å². The first-order valence-electron chi connectivity index (χ1n) is 5.99. The molecule has 0 amide bonds. The molecule has 0 heterocycles. The molecule has 0 saturated carbocycles. The summed E-state index contributed by atoms with van der Waals surface area (Å²) in [5, 5.41) is 28.6. The maximum absolute atomic E-state index is 9.53. The molecule has 0 bridgehead atoms. The first-order chi connectivity index (χ1) is 7.24. The third-order valence-electron chi connectivity index (χ3n) is 1.49. The van der Waals surface area contributed by atoms with Crippen molar-refractivity contribution in [2.24, 2.45) is 0 Å². The van der Waals surface area contributed by atoms with Crippen LogP contribution >= 0.6 is 0 Å². The van der Waals surface area contributed by atoms with Crippen LogP contribution in [0, 0.1) is 0 Å². The Morgan fingerprint density at radius 2 is 0.765 bits per heavy atom. The van der Waals surface area contributed by atoms with E-state index in [4.69, 9.17) is 0 Å². The SMILES string of the molecule is CCCC[O-].CCCC[O-].CCCC[O-].[OH-].[Ti+4]. The number of rotatable bonds is 6. The predicted molar refractivity (Wildman–Crippen MR) is 61.3 cm³/mol. The molecule has 0 aliphatic rings. The van der Waals surface area contributed by atoms with Gasteiger partial charge in [-0.1, -0.05) is 59.3 Å². The van der Waals surface area contributed by atoms with E-state index in [9.17, 15) is 15.3 Å². The number of hydrogen-bond donors (Lipinski definition) is 0. The van der Waals surface area contributed by atoms with Crippen molar-refractivity contribution in [2.45, 2.75) is 59.3 Å². The third kappa shape index (κ3) is 81.6. The van der Waals surface area contributed by atoms with Crippen molar-refractivity contribution in [3.8, 4) is 0 Å². The first kappa shape index (κ1) is 30.5. The topological polar surface area (TPSA) is 99.2 Å². The monoisotopic (exact) mass is 284 g/mol. The number of hydrogen-bond acceptors (Lipinski definition) is 4. The van der Waals surface area contributed by atoms with Crippen LogP contribution in [0.15, 0.2) is 0 Å². The van der Waals surface area contributed by atoms with E-state index < -0.39 is 0 Å². The summed E-state index contributed by atoms with van der Waals surface area (Å²) in [6.45, 7) is 6.32. The van der Waals surface area contributed by atoms with Crippen molar-refractivity contribution in [3.05, 3.63) is 0 Å². The molecular weight excluding hydrogens is 256 g/mol. The van der Waals surface area contributed by atoms with Crippen molar-refractivity contribution in [1.82, 2.24) is 0 Å². The van der Waals surface area contributed by atoms with E-state index >= 15 is 0 Å². The zero-order chi connectivity index (χ0) is 12.4. The van der Waals surface area contributed by atoms with Gasteiger partial charge in [0.15, 0.2) is 0 Å². The fourth-order valence-electron chi connectivity index (χ4n) is 0.433. The van der Waals surface area contributed by atoms with Gasteiger partial charge in [0.05, 0.1) is 0 Å². The maximum atomic E-state index is 9.53. The molecule has 0 radical (unpaired) electrons. The molecule has 0 rings (SSSR count). The van der Waals surface area contributed by atoms with Crippen LogP contribution < -0.4 is 15.3 Å². The molecule has 0 aromatic rings. The second-order valence-electron chi connectivity index (χ2n) is 3.17. The summed E-state index contributed by atoms with van der Waals surface area (Å²) in [6, 6.07) is 0. The summed E-state index contributed by atoms with van der Waals surface area (Å²) in [4.78, 5) is 0. The van der Waals surface area contributed by atoms with Crippen LogP contribution in [-0.4, -0.2) is 25.3 Å². The Morgan fingerprint density at radius 3 is 0.765 bits per heavy atom. The molecule has 0 atom stereocenters. The summed E-state index contributed by atoms with van der Waals surface area (Å²) in [6.07, 6.45) is 5.59. The van der Waals surface area contributed by atoms with Gasteiger partial charge in [-0.25, -0.2) is 0 Å². The predicted octanol–water partition coefficient (Wildman–Crippen LogP) is 0.261. The Morgan fingerprint density at radius 1 is 0.588 bits per heavy atom. The second-order valence-corrected chi connectivity index (χ2v) is 3.17. The van der Waals surface area contributed by atoms with E-state index in [1.807, 2.05) is 20.8 Å². The molecule has 0 unspecified atom stereocenters. The molecule has 0 aliphatic carbocycles. The Balaban J connectivity index is -0.0000000400. The van der Waals surface area contributed by atoms with E-state index in [-0.39, 0.29) is 47.0 Å². The van der Waals surface area contributed by atoms with Gasteiger partial charge in [-0.2, -0.15) is 0 Å². The zero-order valence-electron chi connectivity index (χ0n) is 11.5. The van der Waals surface area contributed by atoms with Gasteiger partial charge >= 0.3 is 21.7 Å². The van der Waals surface area contributed by atoms with E-state index in [2.05, 4.69) is 0 Å². The van der Waals surface area contributed by atoms with Crippen LogP contribution in [0.5, 0.6) is 0 Å². The third-order valence-corrected chi connectivity index (χ3v) is 1.49. The largest absolute Gasteiger partial charge is 4.00 e. The Hall–Kier alpha value is 0.554. The Kier molecular flexibility index (Phi) is 78.8. The van der Waals surface area contributed by atoms with Crippen molar-refractivity contribution in [2.75, 3.05) is 19.8 Å². The van der Waals surface area contributed by atoms with Crippen LogP contribution in [0.1, 0.15) is 59.3 Å². The zero-order valence-corrected chi connectivity index (χ0v) is 13.1. The van der Waals surface area contributed by atoms with Gasteiger partial charge in [0, 0.05) is 0 Å². The van der Waals surface area contributed by atoms with Gasteiger partial charge in [-0.05, 0) is 0 Å². The molecule has 0 spiro atoms. The molecule has 0 aliphatic heterocycles. The fourth-order valence-corrected chi connectivity index (χ4v) is 0.433. The summed E-state index contributed by atoms with van der Waals surface area (Å²) in [5.41, 5.74) is 0. The van der Waals surface area contributed by atoms with Crippen LogP contribution in [0.3, 0.4) is 0 Å².